The van der Waals surface area contributed by atoms with E-state index < -0.39 is 10.1 Å². The molecular weight excluding hydrogens is 224 g/mol. The average Bonchev–Trinajstić information content (AvgIpc) is 2.37. The molecule has 1 spiro atoms. The van der Waals surface area contributed by atoms with Crippen LogP contribution >= 0.6 is 0 Å². The van der Waals surface area contributed by atoms with Gasteiger partial charge in [0.05, 0.1) is 11.5 Å². The number of fused-ring (bicyclic) bond motifs is 1. The average molecular weight is 236 g/mol. The molecule has 1 unspecified atom stereocenters. The van der Waals surface area contributed by atoms with E-state index in [0.29, 0.717) is 11.5 Å². The van der Waals surface area contributed by atoms with Gasteiger partial charge in [-0.2, -0.15) is 8.42 Å². The number of hydrogen-bond acceptors (Lipinski definition) is 3. The van der Waals surface area contributed by atoms with E-state index in [2.05, 4.69) is 6.92 Å². The predicted molar refractivity (Wildman–Crippen MR) is 57.9 cm³/mol. The lowest BCUT2D eigenvalue weighted by atomic mass is 9.76. The second-order valence-corrected chi connectivity index (χ2v) is 6.95. The first kappa shape index (κ1) is 9.19. The summed E-state index contributed by atoms with van der Waals surface area (Å²) < 4.78 is 29.0. The normalized spacial score (nSPS) is 32.1. The van der Waals surface area contributed by atoms with Crippen LogP contribution in [0.15, 0.2) is 11.0 Å². The number of rotatable bonds is 0. The summed E-state index contributed by atoms with van der Waals surface area (Å²) in [7, 11) is -3.48. The van der Waals surface area contributed by atoms with Crippen molar-refractivity contribution in [1.82, 2.24) is 0 Å². The van der Waals surface area contributed by atoms with Crippen LogP contribution in [0.25, 0.3) is 0 Å². The Morgan fingerprint density at radius 1 is 1.25 bits per heavy atom. The zero-order valence-electron chi connectivity index (χ0n) is 9.04. The van der Waals surface area contributed by atoms with Crippen molar-refractivity contribution in [3.63, 3.8) is 0 Å². The molecule has 4 heteroatoms. The first-order chi connectivity index (χ1) is 7.51. The highest BCUT2D eigenvalue weighted by Gasteiger charge is 2.49. The molecule has 0 saturated heterocycles. The highest BCUT2D eigenvalue weighted by molar-refractivity contribution is 7.86. The SMILES string of the molecule is Cc1c2cc3c4c1CC(COS3(=O)=O)(C2)C4. The van der Waals surface area contributed by atoms with Crippen LogP contribution in [0, 0.1) is 12.3 Å². The van der Waals surface area contributed by atoms with E-state index in [1.807, 2.05) is 6.07 Å². The van der Waals surface area contributed by atoms with Crippen molar-refractivity contribution >= 4 is 10.1 Å². The maximum absolute atomic E-state index is 11.9. The summed E-state index contributed by atoms with van der Waals surface area (Å²) >= 11 is 0. The van der Waals surface area contributed by atoms with E-state index in [4.69, 9.17) is 4.18 Å². The summed E-state index contributed by atoms with van der Waals surface area (Å²) in [6.45, 7) is 2.47. The molecule has 1 aromatic carbocycles. The molecule has 1 atom stereocenters. The monoisotopic (exact) mass is 236 g/mol. The van der Waals surface area contributed by atoms with Crippen molar-refractivity contribution in [1.29, 1.82) is 0 Å². The smallest absolute Gasteiger partial charge is 0.266 e. The second-order valence-electron chi connectivity index (χ2n) is 5.36. The lowest BCUT2D eigenvalue weighted by Crippen LogP contribution is -2.33. The van der Waals surface area contributed by atoms with E-state index in [1.165, 1.54) is 16.7 Å². The molecule has 1 aromatic rings. The molecule has 0 aromatic heterocycles. The van der Waals surface area contributed by atoms with E-state index >= 15 is 0 Å². The summed E-state index contributed by atoms with van der Waals surface area (Å²) in [6, 6.07) is 1.84. The van der Waals surface area contributed by atoms with Crippen LogP contribution in [0.1, 0.15) is 22.3 Å². The Balaban J connectivity index is 2.21. The van der Waals surface area contributed by atoms with E-state index in [1.54, 1.807) is 0 Å². The zero-order chi connectivity index (χ0) is 11.1. The first-order valence-electron chi connectivity index (χ1n) is 5.55. The summed E-state index contributed by atoms with van der Waals surface area (Å²) in [5.41, 5.74) is 4.89. The Kier molecular flexibility index (Phi) is 1.36. The van der Waals surface area contributed by atoms with Gasteiger partial charge in [-0.1, -0.05) is 0 Å². The van der Waals surface area contributed by atoms with Gasteiger partial charge in [-0.05, 0) is 54.5 Å². The van der Waals surface area contributed by atoms with Gasteiger partial charge in [0.25, 0.3) is 10.1 Å². The molecule has 4 rings (SSSR count). The topological polar surface area (TPSA) is 43.4 Å². The molecule has 84 valence electrons. The quantitative estimate of drug-likeness (QED) is 0.639. The fraction of sp³-hybridized carbons (Fsp3) is 0.500. The van der Waals surface area contributed by atoms with E-state index in [9.17, 15) is 8.42 Å². The lowest BCUT2D eigenvalue weighted by molar-refractivity contribution is 0.158. The number of benzene rings is 1. The Bertz CT molecular complexity index is 626. The van der Waals surface area contributed by atoms with Crippen molar-refractivity contribution in [3.8, 4) is 0 Å². The second kappa shape index (κ2) is 2.36. The zero-order valence-corrected chi connectivity index (χ0v) is 9.86. The Labute approximate surface area is 94.6 Å². The van der Waals surface area contributed by atoms with Crippen LogP contribution in [0.3, 0.4) is 0 Å². The molecule has 1 heterocycles. The minimum atomic E-state index is -3.48. The van der Waals surface area contributed by atoms with Gasteiger partial charge in [-0.15, -0.1) is 0 Å². The minimum Gasteiger partial charge on any atom is -0.266 e. The molecule has 0 radical (unpaired) electrons. The lowest BCUT2D eigenvalue weighted by Gasteiger charge is -2.32. The van der Waals surface area contributed by atoms with Gasteiger partial charge < -0.3 is 0 Å². The highest BCUT2D eigenvalue weighted by Crippen LogP contribution is 2.52. The minimum absolute atomic E-state index is 0.0430. The summed E-state index contributed by atoms with van der Waals surface area (Å²) in [5.74, 6) is 0. The maximum Gasteiger partial charge on any atom is 0.297 e. The third kappa shape index (κ3) is 0.870. The van der Waals surface area contributed by atoms with Gasteiger partial charge >= 0.3 is 0 Å². The van der Waals surface area contributed by atoms with Crippen LogP contribution in [-0.2, 0) is 33.6 Å². The van der Waals surface area contributed by atoms with Gasteiger partial charge in [0.2, 0.25) is 0 Å². The number of hydrogen-bond donors (Lipinski definition) is 0. The van der Waals surface area contributed by atoms with Crippen LogP contribution in [-0.4, -0.2) is 15.0 Å². The van der Waals surface area contributed by atoms with E-state index in [0.717, 1.165) is 24.8 Å². The molecule has 1 aliphatic heterocycles. The Morgan fingerprint density at radius 3 is 2.81 bits per heavy atom. The van der Waals surface area contributed by atoms with Crippen molar-refractivity contribution in [2.75, 3.05) is 6.61 Å². The third-order valence-corrected chi connectivity index (χ3v) is 5.69. The molecule has 16 heavy (non-hydrogen) atoms. The summed E-state index contributed by atoms with van der Waals surface area (Å²) in [5, 5.41) is 0. The molecule has 0 amide bonds. The van der Waals surface area contributed by atoms with Gasteiger partial charge in [0, 0.05) is 5.41 Å². The first-order valence-corrected chi connectivity index (χ1v) is 6.95. The molecule has 3 nitrogen and oxygen atoms in total. The standard InChI is InChI=1S/C12H12O3S/c1-7-8-2-11-10-5-12(3-8,4-9(7)10)6-15-16(11,13)14/h2H,3-6H2,1H3. The van der Waals surface area contributed by atoms with E-state index in [-0.39, 0.29) is 5.41 Å². The maximum atomic E-state index is 11.9. The van der Waals surface area contributed by atoms with Crippen molar-refractivity contribution in [3.05, 3.63) is 28.3 Å². The van der Waals surface area contributed by atoms with Crippen LogP contribution < -0.4 is 0 Å². The van der Waals surface area contributed by atoms with Crippen molar-refractivity contribution < 1.29 is 12.6 Å². The van der Waals surface area contributed by atoms with Crippen molar-refractivity contribution in [2.24, 2.45) is 5.41 Å². The molecule has 0 fully saturated rings. The Hall–Kier alpha value is -0.870. The molecule has 0 saturated carbocycles. The Morgan fingerprint density at radius 2 is 2.00 bits per heavy atom. The molecule has 2 aliphatic carbocycles. The van der Waals surface area contributed by atoms with Gasteiger partial charge in [-0.25, -0.2) is 0 Å². The third-order valence-electron chi connectivity index (χ3n) is 4.36. The van der Waals surface area contributed by atoms with Gasteiger partial charge in [0.1, 0.15) is 0 Å². The van der Waals surface area contributed by atoms with Crippen LogP contribution in [0.4, 0.5) is 0 Å². The van der Waals surface area contributed by atoms with Crippen LogP contribution in [0.2, 0.25) is 0 Å². The summed E-state index contributed by atoms with van der Waals surface area (Å²) in [6.07, 6.45) is 2.86. The van der Waals surface area contributed by atoms with Crippen molar-refractivity contribution in [2.45, 2.75) is 31.1 Å². The highest BCUT2D eigenvalue weighted by atomic mass is 32.2. The summed E-state index contributed by atoms with van der Waals surface area (Å²) in [4.78, 5) is 0.444. The van der Waals surface area contributed by atoms with Gasteiger partial charge in [-0.3, -0.25) is 4.18 Å². The fourth-order valence-corrected chi connectivity index (χ4v) is 4.84. The molecular formula is C12H12O3S. The molecule has 4 bridgehead atoms. The fourth-order valence-electron chi connectivity index (χ4n) is 3.52. The molecule has 0 N–H and O–H groups in total. The largest absolute Gasteiger partial charge is 0.297 e. The van der Waals surface area contributed by atoms with Gasteiger partial charge in [0.15, 0.2) is 0 Å². The van der Waals surface area contributed by atoms with Crippen LogP contribution in [0.5, 0.6) is 0 Å². The predicted octanol–water partition coefficient (Wildman–Crippen LogP) is 1.36. The molecule has 3 aliphatic rings.